The van der Waals surface area contributed by atoms with E-state index in [2.05, 4.69) is 41.5 Å². The fourth-order valence-electron chi connectivity index (χ4n) is 4.09. The van der Waals surface area contributed by atoms with Crippen molar-refractivity contribution in [2.24, 2.45) is 5.41 Å². The van der Waals surface area contributed by atoms with Gasteiger partial charge in [-0.3, -0.25) is 4.79 Å². The molecule has 2 aliphatic rings. The lowest BCUT2D eigenvalue weighted by Crippen LogP contribution is -2.39. The third kappa shape index (κ3) is 1.30. The number of rotatable bonds is 0. The van der Waals surface area contributed by atoms with Crippen molar-refractivity contribution in [3.63, 3.8) is 0 Å². The Hall–Kier alpha value is -1.77. The minimum absolute atomic E-state index is 0.169. The first-order valence-corrected chi connectivity index (χ1v) is 7.10. The van der Waals surface area contributed by atoms with Crippen molar-refractivity contribution >= 4 is 16.8 Å². The highest BCUT2D eigenvalue weighted by molar-refractivity contribution is 5.90. The summed E-state index contributed by atoms with van der Waals surface area (Å²) in [6.45, 7) is 3.06. The van der Waals surface area contributed by atoms with E-state index in [9.17, 15) is 4.79 Å². The first-order valence-electron chi connectivity index (χ1n) is 7.10. The van der Waals surface area contributed by atoms with Gasteiger partial charge >= 0.3 is 0 Å². The van der Waals surface area contributed by atoms with Gasteiger partial charge in [0.25, 0.3) is 0 Å². The molecule has 0 bridgehead atoms. The smallest absolute Gasteiger partial charge is 0.226 e. The fourth-order valence-corrected chi connectivity index (χ4v) is 4.09. The zero-order chi connectivity index (χ0) is 13.0. The van der Waals surface area contributed by atoms with Gasteiger partial charge in [-0.15, -0.1) is 0 Å². The third-order valence-corrected chi connectivity index (χ3v) is 5.22. The largest absolute Gasteiger partial charge is 0.358 e. The molecule has 2 atom stereocenters. The third-order valence-electron chi connectivity index (χ3n) is 5.22. The Morgan fingerprint density at radius 3 is 2.89 bits per heavy atom. The molecule has 3 heteroatoms. The molecule has 4 rings (SSSR count). The molecule has 1 aliphatic heterocycles. The van der Waals surface area contributed by atoms with Crippen LogP contribution in [0.3, 0.4) is 0 Å². The van der Waals surface area contributed by atoms with Gasteiger partial charge in [0.2, 0.25) is 5.91 Å². The molecular weight excluding hydrogens is 236 g/mol. The zero-order valence-electron chi connectivity index (χ0n) is 11.1. The van der Waals surface area contributed by atoms with Gasteiger partial charge < -0.3 is 10.3 Å². The van der Waals surface area contributed by atoms with Gasteiger partial charge in [-0.05, 0) is 36.8 Å². The van der Waals surface area contributed by atoms with Crippen LogP contribution in [0.2, 0.25) is 0 Å². The van der Waals surface area contributed by atoms with Crippen LogP contribution in [0.1, 0.15) is 36.9 Å². The molecule has 3 nitrogen and oxygen atoms in total. The molecular formula is C16H18N2O. The molecule has 1 aliphatic carbocycles. The van der Waals surface area contributed by atoms with Crippen molar-refractivity contribution in [3.05, 3.63) is 35.5 Å². The van der Waals surface area contributed by atoms with Crippen molar-refractivity contribution in [3.8, 4) is 0 Å². The molecule has 1 spiro atoms. The van der Waals surface area contributed by atoms with E-state index in [1.54, 1.807) is 0 Å². The van der Waals surface area contributed by atoms with Crippen LogP contribution in [-0.4, -0.2) is 17.4 Å². The standard InChI is InChI=1S/C16H18N2O/c1-10-14-11-4-2-3-5-12(11)18-13(14)6-7-16(10)8-9-17-15(16)19/h2-5,10,18H,6-9H2,1H3,(H,17,19)/t10-,16-/m1/s1. The Labute approximate surface area is 112 Å². The Morgan fingerprint density at radius 1 is 1.26 bits per heavy atom. The van der Waals surface area contributed by atoms with Gasteiger partial charge in [-0.2, -0.15) is 0 Å². The highest BCUT2D eigenvalue weighted by Gasteiger charge is 2.50. The van der Waals surface area contributed by atoms with E-state index in [1.807, 2.05) is 0 Å². The van der Waals surface area contributed by atoms with Crippen molar-refractivity contribution < 1.29 is 4.79 Å². The first-order chi connectivity index (χ1) is 9.22. The molecule has 1 fully saturated rings. The number of amides is 1. The maximum atomic E-state index is 12.3. The molecule has 98 valence electrons. The summed E-state index contributed by atoms with van der Waals surface area (Å²) in [6.07, 6.45) is 2.94. The molecule has 1 saturated heterocycles. The summed E-state index contributed by atoms with van der Waals surface area (Å²) in [5.41, 5.74) is 3.74. The minimum atomic E-state index is -0.169. The fraction of sp³-hybridized carbons (Fsp3) is 0.438. The van der Waals surface area contributed by atoms with E-state index >= 15 is 0 Å². The van der Waals surface area contributed by atoms with E-state index in [0.717, 1.165) is 25.8 Å². The average molecular weight is 254 g/mol. The number of aryl methyl sites for hydroxylation is 1. The summed E-state index contributed by atoms with van der Waals surface area (Å²) < 4.78 is 0. The first kappa shape index (κ1) is 11.1. The molecule has 19 heavy (non-hydrogen) atoms. The second kappa shape index (κ2) is 3.62. The summed E-state index contributed by atoms with van der Waals surface area (Å²) in [5.74, 6) is 0.561. The maximum Gasteiger partial charge on any atom is 0.226 e. The molecule has 2 heterocycles. The lowest BCUT2D eigenvalue weighted by Gasteiger charge is -2.37. The van der Waals surface area contributed by atoms with E-state index in [4.69, 9.17) is 0 Å². The molecule has 1 amide bonds. The molecule has 0 unspecified atom stereocenters. The molecule has 1 aromatic heterocycles. The van der Waals surface area contributed by atoms with Crippen molar-refractivity contribution in [1.82, 2.24) is 10.3 Å². The lowest BCUT2D eigenvalue weighted by molar-refractivity contribution is -0.129. The second-order valence-electron chi connectivity index (χ2n) is 5.95. The normalized spacial score (nSPS) is 29.7. The molecule has 2 N–H and O–H groups in total. The van der Waals surface area contributed by atoms with Gasteiger partial charge in [-0.25, -0.2) is 0 Å². The number of fused-ring (bicyclic) bond motifs is 3. The van der Waals surface area contributed by atoms with Gasteiger partial charge in [0, 0.05) is 23.1 Å². The number of aromatic amines is 1. The highest BCUT2D eigenvalue weighted by atomic mass is 16.2. The Balaban J connectivity index is 1.93. The summed E-state index contributed by atoms with van der Waals surface area (Å²) in [5, 5.41) is 4.33. The number of para-hydroxylation sites is 1. The summed E-state index contributed by atoms with van der Waals surface area (Å²) >= 11 is 0. The highest BCUT2D eigenvalue weighted by Crippen LogP contribution is 2.51. The summed E-state index contributed by atoms with van der Waals surface area (Å²) in [7, 11) is 0. The zero-order valence-corrected chi connectivity index (χ0v) is 11.1. The number of hydrogen-bond acceptors (Lipinski definition) is 1. The Bertz CT molecular complexity index is 672. The van der Waals surface area contributed by atoms with Gasteiger partial charge in [0.05, 0.1) is 5.41 Å². The van der Waals surface area contributed by atoms with Crippen LogP contribution in [0, 0.1) is 5.41 Å². The number of aromatic nitrogens is 1. The predicted molar refractivity (Wildman–Crippen MR) is 75.1 cm³/mol. The summed E-state index contributed by atoms with van der Waals surface area (Å²) in [6, 6.07) is 8.45. The van der Waals surface area contributed by atoms with E-state index in [1.165, 1.54) is 22.2 Å². The molecule has 0 radical (unpaired) electrons. The quantitative estimate of drug-likeness (QED) is 0.746. The van der Waals surface area contributed by atoms with Crippen LogP contribution >= 0.6 is 0 Å². The van der Waals surface area contributed by atoms with Crippen molar-refractivity contribution in [2.75, 3.05) is 6.54 Å². The Morgan fingerprint density at radius 2 is 2.11 bits per heavy atom. The van der Waals surface area contributed by atoms with Gasteiger partial charge in [0.15, 0.2) is 0 Å². The minimum Gasteiger partial charge on any atom is -0.358 e. The molecule has 2 aromatic rings. The number of carbonyl (C=O) groups excluding carboxylic acids is 1. The number of hydrogen-bond donors (Lipinski definition) is 2. The monoisotopic (exact) mass is 254 g/mol. The predicted octanol–water partition coefficient (Wildman–Crippen LogP) is 2.72. The van der Waals surface area contributed by atoms with E-state index in [0.29, 0.717) is 5.92 Å². The van der Waals surface area contributed by atoms with Gasteiger partial charge in [-0.1, -0.05) is 25.1 Å². The van der Waals surface area contributed by atoms with Crippen LogP contribution in [0.5, 0.6) is 0 Å². The topological polar surface area (TPSA) is 44.9 Å². The van der Waals surface area contributed by atoms with E-state index in [-0.39, 0.29) is 11.3 Å². The summed E-state index contributed by atoms with van der Waals surface area (Å²) in [4.78, 5) is 15.8. The van der Waals surface area contributed by atoms with Crippen LogP contribution in [0.4, 0.5) is 0 Å². The van der Waals surface area contributed by atoms with Crippen LogP contribution < -0.4 is 5.32 Å². The average Bonchev–Trinajstić information content (AvgIpc) is 2.96. The SMILES string of the molecule is C[C@@H]1c2c([nH]c3ccccc23)CC[C@@]12CCNC2=O. The maximum absolute atomic E-state index is 12.3. The molecule has 0 saturated carbocycles. The number of nitrogens with one attached hydrogen (secondary N) is 2. The van der Waals surface area contributed by atoms with Gasteiger partial charge in [0.1, 0.15) is 0 Å². The number of carbonyl (C=O) groups is 1. The second-order valence-corrected chi connectivity index (χ2v) is 5.95. The van der Waals surface area contributed by atoms with E-state index < -0.39 is 0 Å². The molecule has 1 aromatic carbocycles. The van der Waals surface area contributed by atoms with Crippen LogP contribution in [0.25, 0.3) is 10.9 Å². The lowest BCUT2D eigenvalue weighted by atomic mass is 9.64. The number of H-pyrrole nitrogens is 1. The van der Waals surface area contributed by atoms with Crippen LogP contribution in [-0.2, 0) is 11.2 Å². The van der Waals surface area contributed by atoms with Crippen molar-refractivity contribution in [1.29, 1.82) is 0 Å². The van der Waals surface area contributed by atoms with Crippen molar-refractivity contribution in [2.45, 2.75) is 32.1 Å². The number of benzene rings is 1. The Kier molecular flexibility index (Phi) is 2.12. The van der Waals surface area contributed by atoms with Crippen LogP contribution in [0.15, 0.2) is 24.3 Å².